The van der Waals surface area contributed by atoms with E-state index >= 15 is 0 Å². The number of nitrogens with zero attached hydrogens (tertiary/aromatic N) is 1. The molecule has 17 heavy (non-hydrogen) atoms. The first-order valence-corrected chi connectivity index (χ1v) is 7.49. The third kappa shape index (κ3) is 4.26. The Labute approximate surface area is 107 Å². The van der Waals surface area contributed by atoms with E-state index in [2.05, 4.69) is 9.71 Å². The van der Waals surface area contributed by atoms with Gasteiger partial charge in [0.15, 0.2) is 0 Å². The number of pyridine rings is 1. The van der Waals surface area contributed by atoms with Crippen LogP contribution < -0.4 is 4.72 Å². The number of nitrogens with one attached hydrogen (secondary N) is 1. The molecule has 0 amide bonds. The summed E-state index contributed by atoms with van der Waals surface area (Å²) in [6.07, 6.45) is 3.93. The Morgan fingerprint density at radius 1 is 1.47 bits per heavy atom. The second-order valence-electron chi connectivity index (χ2n) is 3.83. The molecule has 0 aromatic carbocycles. The molecule has 0 saturated carbocycles. The van der Waals surface area contributed by atoms with Gasteiger partial charge in [-0.25, -0.2) is 18.1 Å². The summed E-state index contributed by atoms with van der Waals surface area (Å²) >= 11 is 5.68. The molecule has 0 saturated heterocycles. The fourth-order valence-corrected chi connectivity index (χ4v) is 3.14. The number of rotatable bonds is 6. The first-order valence-electron chi connectivity index (χ1n) is 5.63. The second-order valence-corrected chi connectivity index (χ2v) is 5.93. The highest BCUT2D eigenvalue weighted by molar-refractivity contribution is 7.89. The normalized spacial score (nSPS) is 13.6. The topological polar surface area (TPSA) is 59.1 Å². The van der Waals surface area contributed by atoms with Crippen molar-refractivity contribution < 1.29 is 8.42 Å². The van der Waals surface area contributed by atoms with Gasteiger partial charge in [-0.15, -0.1) is 0 Å². The molecule has 1 rings (SSSR count). The van der Waals surface area contributed by atoms with Crippen LogP contribution in [0.15, 0.2) is 23.2 Å². The molecule has 4 nitrogen and oxygen atoms in total. The van der Waals surface area contributed by atoms with Gasteiger partial charge in [-0.05, 0) is 25.0 Å². The number of hydrogen-bond acceptors (Lipinski definition) is 3. The fourth-order valence-electron chi connectivity index (χ4n) is 1.53. The van der Waals surface area contributed by atoms with Crippen molar-refractivity contribution in [1.82, 2.24) is 9.71 Å². The standard InChI is InChI=1S/C11H17ClN2O2S/c1-3-5-9(4-2)14-17(15,16)10-6-7-13-11(12)8-10/h6-9,14H,3-5H2,1-2H3. The molecule has 0 aliphatic carbocycles. The van der Waals surface area contributed by atoms with Crippen LogP contribution in [0, 0.1) is 0 Å². The van der Waals surface area contributed by atoms with Crippen molar-refractivity contribution in [3.05, 3.63) is 23.5 Å². The maximum atomic E-state index is 12.0. The third-order valence-corrected chi connectivity index (χ3v) is 4.18. The third-order valence-electron chi connectivity index (χ3n) is 2.46. The lowest BCUT2D eigenvalue weighted by Gasteiger charge is -2.16. The summed E-state index contributed by atoms with van der Waals surface area (Å²) in [6, 6.07) is 2.76. The van der Waals surface area contributed by atoms with Crippen LogP contribution in [0.4, 0.5) is 0 Å². The van der Waals surface area contributed by atoms with Crippen molar-refractivity contribution in [2.24, 2.45) is 0 Å². The van der Waals surface area contributed by atoms with Crippen LogP contribution in [0.25, 0.3) is 0 Å². The van der Waals surface area contributed by atoms with Gasteiger partial charge < -0.3 is 0 Å². The molecular weight excluding hydrogens is 260 g/mol. The summed E-state index contributed by atoms with van der Waals surface area (Å²) in [4.78, 5) is 3.92. The molecule has 1 aromatic heterocycles. The highest BCUT2D eigenvalue weighted by Crippen LogP contribution is 2.14. The lowest BCUT2D eigenvalue weighted by molar-refractivity contribution is 0.512. The van der Waals surface area contributed by atoms with Crippen molar-refractivity contribution in [1.29, 1.82) is 0 Å². The average molecular weight is 277 g/mol. The molecule has 96 valence electrons. The van der Waals surface area contributed by atoms with Gasteiger partial charge in [0.25, 0.3) is 0 Å². The van der Waals surface area contributed by atoms with Gasteiger partial charge >= 0.3 is 0 Å². The van der Waals surface area contributed by atoms with Crippen LogP contribution in [0.2, 0.25) is 5.15 Å². The molecule has 1 N–H and O–H groups in total. The Bertz CT molecular complexity index is 462. The lowest BCUT2D eigenvalue weighted by atomic mass is 10.1. The molecule has 1 atom stereocenters. The molecule has 1 heterocycles. The van der Waals surface area contributed by atoms with E-state index in [1.54, 1.807) is 0 Å². The van der Waals surface area contributed by atoms with E-state index in [-0.39, 0.29) is 16.1 Å². The van der Waals surface area contributed by atoms with Gasteiger partial charge in [-0.2, -0.15) is 0 Å². The minimum absolute atomic E-state index is 0.0306. The predicted octanol–water partition coefficient (Wildman–Crippen LogP) is 2.59. The molecule has 1 unspecified atom stereocenters. The van der Waals surface area contributed by atoms with Gasteiger partial charge in [0.05, 0.1) is 4.90 Å². The molecule has 0 radical (unpaired) electrons. The lowest BCUT2D eigenvalue weighted by Crippen LogP contribution is -2.34. The van der Waals surface area contributed by atoms with E-state index in [9.17, 15) is 8.42 Å². The first kappa shape index (κ1) is 14.4. The molecular formula is C11H17ClN2O2S. The largest absolute Gasteiger partial charge is 0.244 e. The molecule has 6 heteroatoms. The minimum Gasteiger partial charge on any atom is -0.244 e. The number of sulfonamides is 1. The summed E-state index contributed by atoms with van der Waals surface area (Å²) in [5.74, 6) is 0. The highest BCUT2D eigenvalue weighted by Gasteiger charge is 2.18. The summed E-state index contributed by atoms with van der Waals surface area (Å²) in [5, 5.41) is 0.177. The molecule has 0 bridgehead atoms. The van der Waals surface area contributed by atoms with E-state index in [4.69, 9.17) is 11.6 Å². The number of hydrogen-bond donors (Lipinski definition) is 1. The Balaban J connectivity index is 2.88. The molecule has 1 aromatic rings. The average Bonchev–Trinajstić information content (AvgIpc) is 2.28. The van der Waals surface area contributed by atoms with Crippen LogP contribution in [0.5, 0.6) is 0 Å². The van der Waals surface area contributed by atoms with E-state index < -0.39 is 10.0 Å². The zero-order chi connectivity index (χ0) is 12.9. The monoisotopic (exact) mass is 276 g/mol. The van der Waals surface area contributed by atoms with Crippen LogP contribution in [0.3, 0.4) is 0 Å². The van der Waals surface area contributed by atoms with Gasteiger partial charge in [0, 0.05) is 12.2 Å². The smallest absolute Gasteiger partial charge is 0.240 e. The Morgan fingerprint density at radius 2 is 2.18 bits per heavy atom. The van der Waals surface area contributed by atoms with E-state index in [1.807, 2.05) is 13.8 Å². The summed E-state index contributed by atoms with van der Waals surface area (Å²) in [5.41, 5.74) is 0. The number of aromatic nitrogens is 1. The van der Waals surface area contributed by atoms with Crippen LogP contribution >= 0.6 is 11.6 Å². The van der Waals surface area contributed by atoms with E-state index in [0.717, 1.165) is 19.3 Å². The summed E-state index contributed by atoms with van der Waals surface area (Å²) in [7, 11) is -3.49. The maximum Gasteiger partial charge on any atom is 0.240 e. The second kappa shape index (κ2) is 6.33. The quantitative estimate of drug-likeness (QED) is 0.813. The zero-order valence-corrected chi connectivity index (χ0v) is 11.6. The molecule has 0 aliphatic heterocycles. The Kier molecular flexibility index (Phi) is 5.36. The SMILES string of the molecule is CCCC(CC)NS(=O)(=O)c1ccnc(Cl)c1. The first-order chi connectivity index (χ1) is 7.99. The van der Waals surface area contributed by atoms with Crippen LogP contribution in [-0.2, 0) is 10.0 Å². The van der Waals surface area contributed by atoms with Gasteiger partial charge in [0.1, 0.15) is 5.15 Å². The van der Waals surface area contributed by atoms with Gasteiger partial charge in [0.2, 0.25) is 10.0 Å². The van der Waals surface area contributed by atoms with E-state index in [0.29, 0.717) is 0 Å². The molecule has 0 fully saturated rings. The van der Waals surface area contributed by atoms with Gasteiger partial charge in [-0.3, -0.25) is 0 Å². The van der Waals surface area contributed by atoms with Crippen molar-refractivity contribution in [3.63, 3.8) is 0 Å². The van der Waals surface area contributed by atoms with Gasteiger partial charge in [-0.1, -0.05) is 31.9 Å². The summed E-state index contributed by atoms with van der Waals surface area (Å²) in [6.45, 7) is 3.99. The highest BCUT2D eigenvalue weighted by atomic mass is 35.5. The van der Waals surface area contributed by atoms with Crippen molar-refractivity contribution in [2.45, 2.75) is 44.0 Å². The minimum atomic E-state index is -3.49. The molecule has 0 spiro atoms. The van der Waals surface area contributed by atoms with Crippen molar-refractivity contribution >= 4 is 21.6 Å². The fraction of sp³-hybridized carbons (Fsp3) is 0.545. The Hall–Kier alpha value is -0.650. The summed E-state index contributed by atoms with van der Waals surface area (Å²) < 4.78 is 26.7. The predicted molar refractivity (Wildman–Crippen MR) is 68.6 cm³/mol. The zero-order valence-electron chi connectivity index (χ0n) is 9.98. The van der Waals surface area contributed by atoms with Crippen molar-refractivity contribution in [3.8, 4) is 0 Å². The molecule has 0 aliphatic rings. The maximum absolute atomic E-state index is 12.0. The number of halogens is 1. The Morgan fingerprint density at radius 3 is 2.71 bits per heavy atom. The van der Waals surface area contributed by atoms with Crippen LogP contribution in [-0.4, -0.2) is 19.4 Å². The van der Waals surface area contributed by atoms with Crippen molar-refractivity contribution in [2.75, 3.05) is 0 Å². The van der Waals surface area contributed by atoms with Crippen LogP contribution in [0.1, 0.15) is 33.1 Å². The van der Waals surface area contributed by atoms with E-state index in [1.165, 1.54) is 18.3 Å².